The first-order valence-electron chi connectivity index (χ1n) is 8.76. The molecule has 5 nitrogen and oxygen atoms in total. The minimum Gasteiger partial charge on any atom is -0.340 e. The van der Waals surface area contributed by atoms with Gasteiger partial charge >= 0.3 is 0 Å². The molecule has 0 aromatic heterocycles. The molecule has 1 fully saturated rings. The number of halogens is 3. The van der Waals surface area contributed by atoms with Gasteiger partial charge in [0.1, 0.15) is 4.90 Å². The van der Waals surface area contributed by atoms with E-state index in [1.807, 2.05) is 30.3 Å². The van der Waals surface area contributed by atoms with Crippen molar-refractivity contribution in [2.75, 3.05) is 26.2 Å². The van der Waals surface area contributed by atoms with Crippen LogP contribution in [0.4, 0.5) is 13.2 Å². The maximum absolute atomic E-state index is 13.9. The van der Waals surface area contributed by atoms with Gasteiger partial charge in [0, 0.05) is 32.6 Å². The van der Waals surface area contributed by atoms with Crippen LogP contribution in [0.3, 0.4) is 0 Å². The predicted octanol–water partition coefficient (Wildman–Crippen LogP) is 2.57. The molecule has 1 saturated heterocycles. The first-order chi connectivity index (χ1) is 13.3. The Morgan fingerprint density at radius 3 is 2.18 bits per heavy atom. The van der Waals surface area contributed by atoms with Crippen LogP contribution >= 0.6 is 0 Å². The summed E-state index contributed by atoms with van der Waals surface area (Å²) in [7, 11) is -4.32. The Balaban J connectivity index is 1.61. The van der Waals surface area contributed by atoms with Crippen LogP contribution in [-0.2, 0) is 21.2 Å². The Morgan fingerprint density at radius 1 is 0.893 bits per heavy atom. The van der Waals surface area contributed by atoms with Gasteiger partial charge in [-0.05, 0) is 24.1 Å². The van der Waals surface area contributed by atoms with Crippen molar-refractivity contribution in [2.24, 2.45) is 0 Å². The van der Waals surface area contributed by atoms with Crippen LogP contribution in [0.15, 0.2) is 47.4 Å². The van der Waals surface area contributed by atoms with Crippen molar-refractivity contribution in [1.82, 2.24) is 9.21 Å². The highest BCUT2D eigenvalue weighted by molar-refractivity contribution is 7.89. The molecule has 1 aliphatic rings. The topological polar surface area (TPSA) is 57.7 Å². The van der Waals surface area contributed by atoms with Crippen molar-refractivity contribution in [3.05, 3.63) is 65.5 Å². The average Bonchev–Trinajstić information content (AvgIpc) is 2.71. The number of carbonyl (C=O) groups is 1. The second-order valence-electron chi connectivity index (χ2n) is 6.44. The van der Waals surface area contributed by atoms with E-state index in [0.717, 1.165) is 9.87 Å². The van der Waals surface area contributed by atoms with E-state index in [9.17, 15) is 26.4 Å². The molecule has 0 radical (unpaired) electrons. The van der Waals surface area contributed by atoms with Crippen LogP contribution in [0.1, 0.15) is 12.0 Å². The van der Waals surface area contributed by atoms with Crippen LogP contribution < -0.4 is 0 Å². The third-order valence-corrected chi connectivity index (χ3v) is 6.60. The molecule has 1 heterocycles. The standard InChI is InChI=1S/C19H19F3N2O3S/c20-15-7-8-16(19(22)18(15)21)28(26,27)24-12-10-23(11-13-24)17(25)9-6-14-4-2-1-3-5-14/h1-5,7-8H,6,9-13H2. The summed E-state index contributed by atoms with van der Waals surface area (Å²) in [4.78, 5) is 13.0. The summed E-state index contributed by atoms with van der Waals surface area (Å²) in [6.45, 7) is 0.214. The maximum Gasteiger partial charge on any atom is 0.246 e. The number of hydrogen-bond acceptors (Lipinski definition) is 3. The van der Waals surface area contributed by atoms with E-state index in [0.29, 0.717) is 25.0 Å². The number of nitrogens with zero attached hydrogens (tertiary/aromatic N) is 2. The Hall–Kier alpha value is -2.39. The van der Waals surface area contributed by atoms with Crippen molar-refractivity contribution in [3.8, 4) is 0 Å². The molecule has 0 aliphatic carbocycles. The van der Waals surface area contributed by atoms with Gasteiger partial charge in [-0.2, -0.15) is 4.31 Å². The lowest BCUT2D eigenvalue weighted by atomic mass is 10.1. The van der Waals surface area contributed by atoms with E-state index >= 15 is 0 Å². The predicted molar refractivity (Wildman–Crippen MR) is 96.4 cm³/mol. The van der Waals surface area contributed by atoms with Crippen molar-refractivity contribution < 1.29 is 26.4 Å². The molecule has 28 heavy (non-hydrogen) atoms. The zero-order valence-corrected chi connectivity index (χ0v) is 15.8. The summed E-state index contributed by atoms with van der Waals surface area (Å²) in [6, 6.07) is 10.8. The van der Waals surface area contributed by atoms with Crippen LogP contribution in [0.5, 0.6) is 0 Å². The SMILES string of the molecule is O=C(CCc1ccccc1)N1CCN(S(=O)(=O)c2ccc(F)c(F)c2F)CC1. The molecule has 9 heteroatoms. The summed E-state index contributed by atoms with van der Waals surface area (Å²) < 4.78 is 66.4. The van der Waals surface area contributed by atoms with E-state index in [1.54, 1.807) is 4.90 Å². The number of piperazine rings is 1. The number of rotatable bonds is 5. The van der Waals surface area contributed by atoms with E-state index in [1.165, 1.54) is 0 Å². The second-order valence-corrected chi connectivity index (χ2v) is 8.35. The molecule has 1 aliphatic heterocycles. The lowest BCUT2D eigenvalue weighted by Gasteiger charge is -2.34. The van der Waals surface area contributed by atoms with Gasteiger partial charge in [-0.1, -0.05) is 30.3 Å². The zero-order valence-electron chi connectivity index (χ0n) is 14.9. The van der Waals surface area contributed by atoms with Gasteiger partial charge in [0.2, 0.25) is 15.9 Å². The fraction of sp³-hybridized carbons (Fsp3) is 0.316. The monoisotopic (exact) mass is 412 g/mol. The van der Waals surface area contributed by atoms with Gasteiger partial charge in [-0.3, -0.25) is 4.79 Å². The average molecular weight is 412 g/mol. The van der Waals surface area contributed by atoms with Gasteiger partial charge in [-0.15, -0.1) is 0 Å². The zero-order chi connectivity index (χ0) is 20.3. The van der Waals surface area contributed by atoms with Crippen molar-refractivity contribution in [1.29, 1.82) is 0 Å². The lowest BCUT2D eigenvalue weighted by Crippen LogP contribution is -2.50. The van der Waals surface area contributed by atoms with Crippen molar-refractivity contribution >= 4 is 15.9 Å². The Bertz CT molecular complexity index is 960. The summed E-state index contributed by atoms with van der Waals surface area (Å²) in [5.74, 6) is -5.11. The van der Waals surface area contributed by atoms with Crippen LogP contribution in [-0.4, -0.2) is 49.7 Å². The maximum atomic E-state index is 13.9. The third-order valence-electron chi connectivity index (χ3n) is 4.68. The molecule has 150 valence electrons. The number of aryl methyl sites for hydroxylation is 1. The normalized spacial score (nSPS) is 15.6. The van der Waals surface area contributed by atoms with Gasteiger partial charge in [-0.25, -0.2) is 21.6 Å². The van der Waals surface area contributed by atoms with E-state index < -0.39 is 32.4 Å². The number of hydrogen-bond donors (Lipinski definition) is 0. The molecule has 2 aromatic carbocycles. The van der Waals surface area contributed by atoms with Gasteiger partial charge in [0.05, 0.1) is 0 Å². The summed E-state index contributed by atoms with van der Waals surface area (Å²) in [5, 5.41) is 0. The molecule has 2 aromatic rings. The lowest BCUT2D eigenvalue weighted by molar-refractivity contribution is -0.132. The first-order valence-corrected chi connectivity index (χ1v) is 10.2. The Morgan fingerprint density at radius 2 is 1.54 bits per heavy atom. The molecule has 0 bridgehead atoms. The molecular weight excluding hydrogens is 393 g/mol. The molecule has 0 unspecified atom stereocenters. The van der Waals surface area contributed by atoms with E-state index in [-0.39, 0.29) is 32.1 Å². The van der Waals surface area contributed by atoms with Crippen LogP contribution in [0.2, 0.25) is 0 Å². The highest BCUT2D eigenvalue weighted by Crippen LogP contribution is 2.24. The second kappa shape index (κ2) is 8.32. The Labute approximate surface area is 161 Å². The van der Waals surface area contributed by atoms with Crippen molar-refractivity contribution in [2.45, 2.75) is 17.7 Å². The minimum absolute atomic E-state index is 0.0438. The highest BCUT2D eigenvalue weighted by Gasteiger charge is 2.33. The summed E-state index contributed by atoms with van der Waals surface area (Å²) in [5.41, 5.74) is 1.03. The highest BCUT2D eigenvalue weighted by atomic mass is 32.2. The summed E-state index contributed by atoms with van der Waals surface area (Å²) >= 11 is 0. The van der Waals surface area contributed by atoms with Crippen LogP contribution in [0.25, 0.3) is 0 Å². The van der Waals surface area contributed by atoms with Gasteiger partial charge in [0.15, 0.2) is 17.5 Å². The van der Waals surface area contributed by atoms with E-state index in [4.69, 9.17) is 0 Å². The largest absolute Gasteiger partial charge is 0.340 e. The summed E-state index contributed by atoms with van der Waals surface area (Å²) in [6.07, 6.45) is 0.882. The quantitative estimate of drug-likeness (QED) is 0.710. The molecule has 0 atom stereocenters. The van der Waals surface area contributed by atoms with Gasteiger partial charge < -0.3 is 4.90 Å². The molecule has 0 N–H and O–H groups in total. The van der Waals surface area contributed by atoms with Gasteiger partial charge in [0.25, 0.3) is 0 Å². The fourth-order valence-electron chi connectivity index (χ4n) is 3.08. The minimum atomic E-state index is -4.32. The van der Waals surface area contributed by atoms with Crippen LogP contribution in [0, 0.1) is 17.5 Å². The van der Waals surface area contributed by atoms with E-state index in [2.05, 4.69) is 0 Å². The number of benzene rings is 2. The number of sulfonamides is 1. The number of amides is 1. The molecule has 0 spiro atoms. The molecule has 0 saturated carbocycles. The fourth-order valence-corrected chi connectivity index (χ4v) is 4.56. The third kappa shape index (κ3) is 4.20. The smallest absolute Gasteiger partial charge is 0.246 e. The number of carbonyl (C=O) groups excluding carboxylic acids is 1. The van der Waals surface area contributed by atoms with Crippen molar-refractivity contribution in [3.63, 3.8) is 0 Å². The first kappa shape index (κ1) is 20.3. The Kier molecular flexibility index (Phi) is 6.04. The molecule has 3 rings (SSSR count). The molecule has 1 amide bonds. The molecular formula is C19H19F3N2O3S.